The first kappa shape index (κ1) is 7.79. The summed E-state index contributed by atoms with van der Waals surface area (Å²) in [6.07, 6.45) is 0. The largest absolute Gasteiger partial charge is 0.385 e. The van der Waals surface area contributed by atoms with Gasteiger partial charge in [0.2, 0.25) is 0 Å². The average Bonchev–Trinajstić information content (AvgIpc) is 2.84. The van der Waals surface area contributed by atoms with Gasteiger partial charge < -0.3 is 11.1 Å². The third kappa shape index (κ3) is 1.66. The fourth-order valence-corrected chi connectivity index (χ4v) is 1.04. The van der Waals surface area contributed by atoms with Crippen molar-refractivity contribution in [2.75, 3.05) is 5.32 Å². The van der Waals surface area contributed by atoms with Crippen molar-refractivity contribution in [3.05, 3.63) is 30.3 Å². The van der Waals surface area contributed by atoms with E-state index in [1.54, 1.807) is 0 Å². The van der Waals surface area contributed by atoms with Crippen molar-refractivity contribution in [3.8, 4) is 0 Å². The number of benzene rings is 1. The molecule has 66 valence electrons. The van der Waals surface area contributed by atoms with Crippen LogP contribution in [0.2, 0.25) is 0 Å². The van der Waals surface area contributed by atoms with Gasteiger partial charge in [0.1, 0.15) is 5.84 Å². The van der Waals surface area contributed by atoms with Crippen molar-refractivity contribution in [2.45, 2.75) is 6.04 Å². The molecular formula is C9H9N3O. The van der Waals surface area contributed by atoms with Crippen LogP contribution >= 0.6 is 0 Å². The molecule has 1 aliphatic rings. The molecule has 0 spiro atoms. The number of amidine groups is 1. The van der Waals surface area contributed by atoms with Crippen molar-refractivity contribution < 1.29 is 4.79 Å². The van der Waals surface area contributed by atoms with Crippen molar-refractivity contribution in [2.24, 2.45) is 10.7 Å². The van der Waals surface area contributed by atoms with Crippen molar-refractivity contribution in [3.63, 3.8) is 0 Å². The summed E-state index contributed by atoms with van der Waals surface area (Å²) in [5.41, 5.74) is 6.08. The minimum atomic E-state index is -0.430. The second kappa shape index (κ2) is 2.90. The van der Waals surface area contributed by atoms with Crippen LogP contribution in [0.1, 0.15) is 0 Å². The number of carbonyl (C=O) groups is 1. The highest BCUT2D eigenvalue weighted by atomic mass is 16.2. The van der Waals surface area contributed by atoms with Gasteiger partial charge in [-0.15, -0.1) is 0 Å². The Balaban J connectivity index is 1.96. The maximum absolute atomic E-state index is 11.3. The lowest BCUT2D eigenvalue weighted by Crippen LogP contribution is -2.24. The molecule has 2 rings (SSSR count). The first-order valence-electron chi connectivity index (χ1n) is 3.96. The van der Waals surface area contributed by atoms with E-state index in [2.05, 4.69) is 10.3 Å². The molecule has 0 aromatic heterocycles. The molecule has 1 atom stereocenters. The quantitative estimate of drug-likeness (QED) is 0.681. The zero-order valence-corrected chi connectivity index (χ0v) is 6.90. The summed E-state index contributed by atoms with van der Waals surface area (Å²) in [6.45, 7) is 0. The number of para-hydroxylation sites is 1. The second-order valence-corrected chi connectivity index (χ2v) is 2.81. The molecule has 0 saturated heterocycles. The Hall–Kier alpha value is -1.84. The van der Waals surface area contributed by atoms with E-state index < -0.39 is 6.04 Å². The maximum Gasteiger partial charge on any atom is 0.257 e. The lowest BCUT2D eigenvalue weighted by Gasteiger charge is -2.01. The number of amides is 1. The number of nitrogens with one attached hydrogen (secondary N) is 1. The lowest BCUT2D eigenvalue weighted by molar-refractivity contribution is -0.115. The molecule has 1 heterocycles. The highest BCUT2D eigenvalue weighted by molar-refractivity contribution is 6.19. The van der Waals surface area contributed by atoms with Crippen LogP contribution in [0.25, 0.3) is 0 Å². The molecule has 13 heavy (non-hydrogen) atoms. The summed E-state index contributed by atoms with van der Waals surface area (Å²) in [4.78, 5) is 15.0. The molecule has 0 unspecified atom stereocenters. The van der Waals surface area contributed by atoms with Crippen LogP contribution in [0, 0.1) is 0 Å². The van der Waals surface area contributed by atoms with Gasteiger partial charge in [-0.25, -0.2) is 4.99 Å². The van der Waals surface area contributed by atoms with Crippen LogP contribution in [0.5, 0.6) is 0 Å². The van der Waals surface area contributed by atoms with Gasteiger partial charge in [0.15, 0.2) is 6.04 Å². The predicted molar refractivity (Wildman–Crippen MR) is 50.5 cm³/mol. The van der Waals surface area contributed by atoms with Crippen molar-refractivity contribution in [1.29, 1.82) is 0 Å². The van der Waals surface area contributed by atoms with Gasteiger partial charge in [-0.2, -0.15) is 0 Å². The summed E-state index contributed by atoms with van der Waals surface area (Å²) >= 11 is 0. The van der Waals surface area contributed by atoms with Gasteiger partial charge in [0.05, 0.1) is 0 Å². The number of carbonyl (C=O) groups excluding carboxylic acids is 1. The van der Waals surface area contributed by atoms with Crippen LogP contribution in [0.4, 0.5) is 5.69 Å². The van der Waals surface area contributed by atoms with Gasteiger partial charge in [0, 0.05) is 5.69 Å². The summed E-state index contributed by atoms with van der Waals surface area (Å²) in [6, 6.07) is 8.80. The third-order valence-electron chi connectivity index (χ3n) is 1.78. The smallest absolute Gasteiger partial charge is 0.257 e. The average molecular weight is 175 g/mol. The molecule has 1 aromatic rings. The highest BCUT2D eigenvalue weighted by Gasteiger charge is 2.32. The number of nitrogens with two attached hydrogens (primary N) is 1. The molecule has 1 aliphatic heterocycles. The molecule has 1 amide bonds. The highest BCUT2D eigenvalue weighted by Crippen LogP contribution is 2.11. The first-order chi connectivity index (χ1) is 6.27. The van der Waals surface area contributed by atoms with Crippen LogP contribution in [-0.2, 0) is 4.79 Å². The molecule has 3 N–H and O–H groups in total. The molecular weight excluding hydrogens is 166 g/mol. The number of hydrogen-bond donors (Lipinski definition) is 2. The Bertz CT molecular complexity index is 358. The number of nitrogens with zero attached hydrogens (tertiary/aromatic N) is 1. The number of rotatable bonds is 2. The van der Waals surface area contributed by atoms with Crippen molar-refractivity contribution >= 4 is 17.4 Å². The van der Waals surface area contributed by atoms with E-state index in [9.17, 15) is 4.79 Å². The topological polar surface area (TPSA) is 67.5 Å². The van der Waals surface area contributed by atoms with E-state index >= 15 is 0 Å². The normalized spacial score (nSPS) is 19.1. The number of aliphatic imine (C=N–C) groups is 1. The SMILES string of the molecule is NC1=N[C@H]1C(=O)Nc1ccccc1. The van der Waals surface area contributed by atoms with Crippen LogP contribution in [-0.4, -0.2) is 17.8 Å². The summed E-state index contributed by atoms with van der Waals surface area (Å²) in [5.74, 6) is 0.247. The second-order valence-electron chi connectivity index (χ2n) is 2.81. The predicted octanol–water partition coefficient (Wildman–Crippen LogP) is 0.364. The number of hydrogen-bond acceptors (Lipinski definition) is 3. The molecule has 0 radical (unpaired) electrons. The number of anilines is 1. The van der Waals surface area contributed by atoms with Crippen LogP contribution in [0.3, 0.4) is 0 Å². The zero-order valence-electron chi connectivity index (χ0n) is 6.90. The monoisotopic (exact) mass is 175 g/mol. The van der Waals surface area contributed by atoms with Crippen LogP contribution < -0.4 is 11.1 Å². The van der Waals surface area contributed by atoms with E-state index in [0.29, 0.717) is 5.84 Å². The Morgan fingerprint density at radius 1 is 1.38 bits per heavy atom. The Morgan fingerprint density at radius 2 is 2.00 bits per heavy atom. The third-order valence-corrected chi connectivity index (χ3v) is 1.78. The van der Waals surface area contributed by atoms with E-state index in [0.717, 1.165) is 5.69 Å². The summed E-state index contributed by atoms with van der Waals surface area (Å²) < 4.78 is 0. The summed E-state index contributed by atoms with van der Waals surface area (Å²) in [7, 11) is 0. The Morgan fingerprint density at radius 3 is 2.54 bits per heavy atom. The Kier molecular flexibility index (Phi) is 1.73. The van der Waals surface area contributed by atoms with Crippen molar-refractivity contribution in [1.82, 2.24) is 0 Å². The molecule has 0 saturated carbocycles. The van der Waals surface area contributed by atoms with E-state index in [-0.39, 0.29) is 5.91 Å². The molecule has 0 aliphatic carbocycles. The van der Waals surface area contributed by atoms with Gasteiger partial charge in [-0.1, -0.05) is 18.2 Å². The molecule has 0 bridgehead atoms. The maximum atomic E-state index is 11.3. The molecule has 0 fully saturated rings. The fourth-order valence-electron chi connectivity index (χ4n) is 1.04. The molecule has 1 aromatic carbocycles. The van der Waals surface area contributed by atoms with Gasteiger partial charge >= 0.3 is 0 Å². The van der Waals surface area contributed by atoms with Crippen LogP contribution in [0.15, 0.2) is 35.3 Å². The Labute approximate surface area is 75.5 Å². The fraction of sp³-hybridized carbons (Fsp3) is 0.111. The first-order valence-corrected chi connectivity index (χ1v) is 3.96. The minimum Gasteiger partial charge on any atom is -0.385 e. The summed E-state index contributed by atoms with van der Waals surface area (Å²) in [5, 5.41) is 2.70. The van der Waals surface area contributed by atoms with E-state index in [1.165, 1.54) is 0 Å². The van der Waals surface area contributed by atoms with Gasteiger partial charge in [-0.05, 0) is 12.1 Å². The molecule has 4 nitrogen and oxygen atoms in total. The van der Waals surface area contributed by atoms with Gasteiger partial charge in [0.25, 0.3) is 5.91 Å². The minimum absolute atomic E-state index is 0.163. The molecule has 4 heteroatoms. The van der Waals surface area contributed by atoms with Gasteiger partial charge in [-0.3, -0.25) is 4.79 Å². The standard InChI is InChI=1S/C9H9N3O/c10-8-7(12-8)9(13)11-6-4-2-1-3-5-6/h1-5,7H,(H2,10,12)(H,11,13)/t7-/m1/s1. The van der Waals surface area contributed by atoms with E-state index in [4.69, 9.17) is 5.73 Å². The lowest BCUT2D eigenvalue weighted by atomic mass is 10.3. The van der Waals surface area contributed by atoms with E-state index in [1.807, 2.05) is 30.3 Å². The zero-order chi connectivity index (χ0) is 9.26.